The third-order valence-electron chi connectivity index (χ3n) is 3.66. The number of para-hydroxylation sites is 1. The standard InChI is InChI=1S/C19H24O5/c1-22-18-10-6-5-9-16(18)13-23-14-19(17(21)11-20)24-12-15-7-3-2-4-8-15/h2-10,17,19-21H,11-14H2,1H3/t17-,19+/m1/s1. The molecular formula is C19H24O5. The molecule has 0 aliphatic heterocycles. The van der Waals surface area contributed by atoms with Gasteiger partial charge in [-0.1, -0.05) is 48.5 Å². The fourth-order valence-electron chi connectivity index (χ4n) is 2.27. The van der Waals surface area contributed by atoms with Crippen LogP contribution < -0.4 is 4.74 Å². The number of methoxy groups -OCH3 is 1. The molecule has 0 aliphatic carbocycles. The van der Waals surface area contributed by atoms with Gasteiger partial charge in [0, 0.05) is 5.56 Å². The van der Waals surface area contributed by atoms with Gasteiger partial charge in [-0.05, 0) is 11.6 Å². The number of aliphatic hydroxyl groups is 2. The Labute approximate surface area is 142 Å². The fourth-order valence-corrected chi connectivity index (χ4v) is 2.27. The van der Waals surface area contributed by atoms with Crippen molar-refractivity contribution in [1.29, 1.82) is 0 Å². The molecule has 0 heterocycles. The molecule has 0 spiro atoms. The normalized spacial score (nSPS) is 13.5. The highest BCUT2D eigenvalue weighted by atomic mass is 16.5. The highest BCUT2D eigenvalue weighted by Gasteiger charge is 2.20. The van der Waals surface area contributed by atoms with Crippen LogP contribution in [0.1, 0.15) is 11.1 Å². The van der Waals surface area contributed by atoms with E-state index in [0.717, 1.165) is 16.9 Å². The van der Waals surface area contributed by atoms with E-state index in [2.05, 4.69) is 0 Å². The van der Waals surface area contributed by atoms with E-state index in [9.17, 15) is 10.2 Å². The average molecular weight is 332 g/mol. The Hall–Kier alpha value is -1.92. The number of benzene rings is 2. The summed E-state index contributed by atoms with van der Waals surface area (Å²) < 4.78 is 16.6. The van der Waals surface area contributed by atoms with Crippen LogP contribution in [0.4, 0.5) is 0 Å². The maximum absolute atomic E-state index is 9.91. The second-order valence-electron chi connectivity index (χ2n) is 5.41. The highest BCUT2D eigenvalue weighted by Crippen LogP contribution is 2.18. The largest absolute Gasteiger partial charge is 0.496 e. The Balaban J connectivity index is 1.87. The zero-order valence-electron chi connectivity index (χ0n) is 13.8. The highest BCUT2D eigenvalue weighted by molar-refractivity contribution is 5.32. The van der Waals surface area contributed by atoms with E-state index in [4.69, 9.17) is 14.2 Å². The molecule has 2 N–H and O–H groups in total. The Kier molecular flexibility index (Phi) is 7.71. The topological polar surface area (TPSA) is 68.2 Å². The van der Waals surface area contributed by atoms with Crippen LogP contribution in [-0.2, 0) is 22.7 Å². The van der Waals surface area contributed by atoms with E-state index in [1.165, 1.54) is 0 Å². The predicted molar refractivity (Wildman–Crippen MR) is 90.8 cm³/mol. The van der Waals surface area contributed by atoms with Gasteiger partial charge in [-0.25, -0.2) is 0 Å². The first-order valence-electron chi connectivity index (χ1n) is 7.88. The SMILES string of the molecule is COc1ccccc1COC[C@H](OCc1ccccc1)[C@H](O)CO. The van der Waals surface area contributed by atoms with Gasteiger partial charge in [0.15, 0.2) is 0 Å². The minimum Gasteiger partial charge on any atom is -0.496 e. The molecule has 0 aromatic heterocycles. The summed E-state index contributed by atoms with van der Waals surface area (Å²) >= 11 is 0. The predicted octanol–water partition coefficient (Wildman–Crippen LogP) is 2.15. The van der Waals surface area contributed by atoms with E-state index in [1.807, 2.05) is 54.6 Å². The molecule has 2 aromatic carbocycles. The molecule has 0 unspecified atom stereocenters. The first-order chi connectivity index (χ1) is 11.7. The summed E-state index contributed by atoms with van der Waals surface area (Å²) in [5.41, 5.74) is 1.91. The fraction of sp³-hybridized carbons (Fsp3) is 0.368. The van der Waals surface area contributed by atoms with Crippen molar-refractivity contribution in [3.05, 3.63) is 65.7 Å². The molecule has 2 rings (SSSR count). The number of ether oxygens (including phenoxy) is 3. The van der Waals surface area contributed by atoms with Gasteiger partial charge in [0.25, 0.3) is 0 Å². The van der Waals surface area contributed by atoms with Crippen molar-refractivity contribution in [2.45, 2.75) is 25.4 Å². The molecule has 0 saturated heterocycles. The first-order valence-corrected chi connectivity index (χ1v) is 7.88. The molecule has 24 heavy (non-hydrogen) atoms. The van der Waals surface area contributed by atoms with E-state index in [0.29, 0.717) is 13.2 Å². The molecule has 0 radical (unpaired) electrons. The van der Waals surface area contributed by atoms with Crippen molar-refractivity contribution in [3.63, 3.8) is 0 Å². The lowest BCUT2D eigenvalue weighted by molar-refractivity contribution is -0.102. The van der Waals surface area contributed by atoms with Gasteiger partial charge in [-0.15, -0.1) is 0 Å². The van der Waals surface area contributed by atoms with Crippen molar-refractivity contribution in [2.24, 2.45) is 0 Å². The van der Waals surface area contributed by atoms with Crippen LogP contribution >= 0.6 is 0 Å². The van der Waals surface area contributed by atoms with Crippen LogP contribution in [0.25, 0.3) is 0 Å². The Bertz CT molecular complexity index is 587. The molecule has 5 heteroatoms. The van der Waals surface area contributed by atoms with E-state index in [-0.39, 0.29) is 13.2 Å². The molecule has 5 nitrogen and oxygen atoms in total. The van der Waals surface area contributed by atoms with Crippen molar-refractivity contribution in [2.75, 3.05) is 20.3 Å². The third kappa shape index (κ3) is 5.62. The number of hydrogen-bond donors (Lipinski definition) is 2. The van der Waals surface area contributed by atoms with Crippen molar-refractivity contribution < 1.29 is 24.4 Å². The van der Waals surface area contributed by atoms with Crippen LogP contribution in [0, 0.1) is 0 Å². The van der Waals surface area contributed by atoms with Crippen molar-refractivity contribution in [1.82, 2.24) is 0 Å². The van der Waals surface area contributed by atoms with Crippen LogP contribution in [0.15, 0.2) is 54.6 Å². The number of hydrogen-bond acceptors (Lipinski definition) is 5. The zero-order chi connectivity index (χ0) is 17.2. The molecular weight excluding hydrogens is 308 g/mol. The molecule has 2 atom stereocenters. The van der Waals surface area contributed by atoms with E-state index >= 15 is 0 Å². The van der Waals surface area contributed by atoms with Crippen LogP contribution in [0.2, 0.25) is 0 Å². The maximum atomic E-state index is 9.91. The molecule has 0 bridgehead atoms. The van der Waals surface area contributed by atoms with E-state index < -0.39 is 12.2 Å². The summed E-state index contributed by atoms with van der Waals surface area (Å²) in [6.45, 7) is 0.484. The van der Waals surface area contributed by atoms with Crippen LogP contribution in [0.5, 0.6) is 5.75 Å². The lowest BCUT2D eigenvalue weighted by Gasteiger charge is -2.22. The van der Waals surface area contributed by atoms with Gasteiger partial charge in [0.2, 0.25) is 0 Å². The molecule has 0 aliphatic rings. The molecule has 0 saturated carbocycles. The lowest BCUT2D eigenvalue weighted by Crippen LogP contribution is -2.36. The summed E-state index contributed by atoms with van der Waals surface area (Å²) in [6, 6.07) is 17.3. The van der Waals surface area contributed by atoms with Crippen molar-refractivity contribution in [3.8, 4) is 5.75 Å². The van der Waals surface area contributed by atoms with Crippen molar-refractivity contribution >= 4 is 0 Å². The first kappa shape index (κ1) is 18.4. The van der Waals surface area contributed by atoms with Gasteiger partial charge < -0.3 is 24.4 Å². The number of aliphatic hydroxyl groups excluding tert-OH is 2. The second-order valence-corrected chi connectivity index (χ2v) is 5.41. The summed E-state index contributed by atoms with van der Waals surface area (Å²) in [5, 5.41) is 19.1. The zero-order valence-corrected chi connectivity index (χ0v) is 13.8. The Morgan fingerprint density at radius 1 is 0.958 bits per heavy atom. The third-order valence-corrected chi connectivity index (χ3v) is 3.66. The van der Waals surface area contributed by atoms with Crippen LogP contribution in [-0.4, -0.2) is 42.7 Å². The summed E-state index contributed by atoms with van der Waals surface area (Å²) in [4.78, 5) is 0. The number of rotatable bonds is 10. The van der Waals surface area contributed by atoms with Gasteiger partial charge >= 0.3 is 0 Å². The summed E-state index contributed by atoms with van der Waals surface area (Å²) in [5.74, 6) is 0.752. The summed E-state index contributed by atoms with van der Waals surface area (Å²) in [6.07, 6.45) is -1.60. The minimum absolute atomic E-state index is 0.173. The van der Waals surface area contributed by atoms with E-state index in [1.54, 1.807) is 7.11 Å². The second kappa shape index (κ2) is 10.1. The van der Waals surface area contributed by atoms with Gasteiger partial charge in [0.1, 0.15) is 18.0 Å². The van der Waals surface area contributed by atoms with Gasteiger partial charge in [-0.3, -0.25) is 0 Å². The average Bonchev–Trinajstić information content (AvgIpc) is 2.65. The Morgan fingerprint density at radius 3 is 2.38 bits per heavy atom. The van der Waals surface area contributed by atoms with Crippen LogP contribution in [0.3, 0.4) is 0 Å². The Morgan fingerprint density at radius 2 is 1.67 bits per heavy atom. The molecule has 2 aromatic rings. The van der Waals surface area contributed by atoms with Gasteiger partial charge in [-0.2, -0.15) is 0 Å². The van der Waals surface area contributed by atoms with Gasteiger partial charge in [0.05, 0.1) is 33.5 Å². The molecule has 130 valence electrons. The molecule has 0 fully saturated rings. The monoisotopic (exact) mass is 332 g/mol. The summed E-state index contributed by atoms with van der Waals surface area (Å²) in [7, 11) is 1.61. The smallest absolute Gasteiger partial charge is 0.124 e. The lowest BCUT2D eigenvalue weighted by atomic mass is 10.2. The quantitative estimate of drug-likeness (QED) is 0.698. The minimum atomic E-state index is -0.994. The maximum Gasteiger partial charge on any atom is 0.124 e. The molecule has 0 amide bonds.